The highest BCUT2D eigenvalue weighted by Crippen LogP contribution is 2.26. The minimum Gasteiger partial charge on any atom is -0.299 e. The first-order valence-corrected chi connectivity index (χ1v) is 6.74. The predicted octanol–water partition coefficient (Wildman–Crippen LogP) is 3.34. The summed E-state index contributed by atoms with van der Waals surface area (Å²) in [6, 6.07) is 4.35. The van der Waals surface area contributed by atoms with Gasteiger partial charge in [-0.3, -0.25) is 4.79 Å². The molecule has 1 unspecified atom stereocenters. The summed E-state index contributed by atoms with van der Waals surface area (Å²) < 4.78 is 13.4. The van der Waals surface area contributed by atoms with Gasteiger partial charge in [0.15, 0.2) is 0 Å². The van der Waals surface area contributed by atoms with Gasteiger partial charge in [0.25, 0.3) is 0 Å². The zero-order valence-electron chi connectivity index (χ0n) is 8.71. The fraction of sp³-hybridized carbons (Fsp3) is 0.417. The van der Waals surface area contributed by atoms with Gasteiger partial charge in [-0.25, -0.2) is 4.39 Å². The average molecular weight is 259 g/mol. The van der Waals surface area contributed by atoms with Crippen molar-refractivity contribution in [3.05, 3.63) is 34.6 Å². The molecule has 0 saturated carbocycles. The highest BCUT2D eigenvalue weighted by molar-refractivity contribution is 7.99. The van der Waals surface area contributed by atoms with E-state index >= 15 is 0 Å². The van der Waals surface area contributed by atoms with Gasteiger partial charge in [0.2, 0.25) is 0 Å². The normalized spacial score (nSPS) is 20.0. The van der Waals surface area contributed by atoms with Crippen molar-refractivity contribution < 1.29 is 9.18 Å². The lowest BCUT2D eigenvalue weighted by Gasteiger charge is -2.08. The van der Waals surface area contributed by atoms with Crippen LogP contribution in [0.2, 0.25) is 5.02 Å². The van der Waals surface area contributed by atoms with Crippen molar-refractivity contribution in [3.63, 3.8) is 0 Å². The second-order valence-electron chi connectivity index (χ2n) is 3.94. The van der Waals surface area contributed by atoms with Crippen molar-refractivity contribution >= 4 is 29.1 Å². The number of carbonyl (C=O) groups is 1. The molecule has 0 aliphatic carbocycles. The van der Waals surface area contributed by atoms with Gasteiger partial charge in [0.05, 0.1) is 0 Å². The third kappa shape index (κ3) is 2.77. The van der Waals surface area contributed by atoms with Gasteiger partial charge in [-0.1, -0.05) is 11.6 Å². The highest BCUT2D eigenvalue weighted by Gasteiger charge is 2.23. The van der Waals surface area contributed by atoms with Crippen molar-refractivity contribution in [2.24, 2.45) is 5.92 Å². The van der Waals surface area contributed by atoms with Crippen molar-refractivity contribution in [1.29, 1.82) is 0 Å². The fourth-order valence-corrected chi connectivity index (χ4v) is 3.25. The Morgan fingerprint density at radius 2 is 2.38 bits per heavy atom. The molecule has 1 aliphatic rings. The van der Waals surface area contributed by atoms with Crippen LogP contribution in [-0.2, 0) is 11.2 Å². The van der Waals surface area contributed by atoms with E-state index in [1.807, 2.05) is 0 Å². The Kier molecular flexibility index (Phi) is 3.87. The Morgan fingerprint density at radius 1 is 1.56 bits per heavy atom. The van der Waals surface area contributed by atoms with Crippen LogP contribution in [0.25, 0.3) is 0 Å². The number of ketones is 1. The summed E-state index contributed by atoms with van der Waals surface area (Å²) in [5, 5.41) is 0.477. The summed E-state index contributed by atoms with van der Waals surface area (Å²) in [6.07, 6.45) is 1.09. The summed E-state index contributed by atoms with van der Waals surface area (Å²) >= 11 is 7.57. The topological polar surface area (TPSA) is 17.1 Å². The molecular formula is C12H12ClFOS. The van der Waals surface area contributed by atoms with Crippen molar-refractivity contribution in [2.75, 3.05) is 11.5 Å². The minimum atomic E-state index is -0.344. The number of hydrogen-bond donors (Lipinski definition) is 0. The molecule has 86 valence electrons. The smallest absolute Gasteiger partial charge is 0.141 e. The molecule has 0 aromatic heterocycles. The number of rotatable bonds is 3. The van der Waals surface area contributed by atoms with E-state index in [1.54, 1.807) is 11.8 Å². The van der Waals surface area contributed by atoms with Crippen LogP contribution in [0.3, 0.4) is 0 Å². The Bertz CT molecular complexity index is 402. The van der Waals surface area contributed by atoms with Crippen LogP contribution < -0.4 is 0 Å². The summed E-state index contributed by atoms with van der Waals surface area (Å²) in [5.74, 6) is 1.80. The van der Waals surface area contributed by atoms with Crippen LogP contribution in [0, 0.1) is 11.7 Å². The van der Waals surface area contributed by atoms with E-state index in [4.69, 9.17) is 11.6 Å². The quantitative estimate of drug-likeness (QED) is 0.827. The maximum atomic E-state index is 13.4. The van der Waals surface area contributed by atoms with E-state index in [-0.39, 0.29) is 23.9 Å². The molecule has 1 aromatic carbocycles. The molecule has 4 heteroatoms. The monoisotopic (exact) mass is 258 g/mol. The maximum absolute atomic E-state index is 13.4. The van der Waals surface area contributed by atoms with Crippen molar-refractivity contribution in [2.45, 2.75) is 12.8 Å². The molecule has 2 rings (SSSR count). The molecular weight excluding hydrogens is 247 g/mol. The summed E-state index contributed by atoms with van der Waals surface area (Å²) in [4.78, 5) is 11.9. The SMILES string of the molecule is O=C(Cc1cc(Cl)ccc1F)C1CCSC1. The first kappa shape index (κ1) is 11.9. The molecule has 0 bridgehead atoms. The second kappa shape index (κ2) is 5.19. The Morgan fingerprint density at radius 3 is 3.06 bits per heavy atom. The third-order valence-electron chi connectivity index (χ3n) is 2.76. The van der Waals surface area contributed by atoms with E-state index in [0.717, 1.165) is 17.9 Å². The number of benzene rings is 1. The minimum absolute atomic E-state index is 0.100. The van der Waals surface area contributed by atoms with E-state index < -0.39 is 0 Å². The summed E-state index contributed by atoms with van der Waals surface area (Å²) in [6.45, 7) is 0. The number of thioether (sulfide) groups is 1. The number of hydrogen-bond acceptors (Lipinski definition) is 2. The molecule has 0 amide bonds. The zero-order chi connectivity index (χ0) is 11.5. The Hall–Kier alpha value is -0.540. The maximum Gasteiger partial charge on any atom is 0.141 e. The Balaban J connectivity index is 2.07. The van der Waals surface area contributed by atoms with Crippen LogP contribution in [0.5, 0.6) is 0 Å². The van der Waals surface area contributed by atoms with E-state index in [1.165, 1.54) is 18.2 Å². The summed E-state index contributed by atoms with van der Waals surface area (Å²) in [5.41, 5.74) is 0.411. The standard InChI is InChI=1S/C12H12ClFOS/c13-10-1-2-11(14)9(5-10)6-12(15)8-3-4-16-7-8/h1-2,5,8H,3-4,6-7H2. The molecule has 1 atom stereocenters. The number of carbonyl (C=O) groups excluding carboxylic acids is 1. The average Bonchev–Trinajstić information content (AvgIpc) is 2.76. The first-order chi connectivity index (χ1) is 7.66. The predicted molar refractivity (Wildman–Crippen MR) is 65.6 cm³/mol. The fourth-order valence-electron chi connectivity index (χ4n) is 1.80. The molecule has 0 N–H and O–H groups in total. The largest absolute Gasteiger partial charge is 0.299 e. The molecule has 1 saturated heterocycles. The highest BCUT2D eigenvalue weighted by atomic mass is 35.5. The lowest BCUT2D eigenvalue weighted by atomic mass is 9.97. The van der Waals surface area contributed by atoms with E-state index in [9.17, 15) is 9.18 Å². The molecule has 1 nitrogen and oxygen atoms in total. The van der Waals surface area contributed by atoms with E-state index in [0.29, 0.717) is 10.6 Å². The van der Waals surface area contributed by atoms with Gasteiger partial charge in [-0.15, -0.1) is 0 Å². The van der Waals surface area contributed by atoms with Crippen LogP contribution in [0.15, 0.2) is 18.2 Å². The van der Waals surface area contributed by atoms with E-state index in [2.05, 4.69) is 0 Å². The first-order valence-electron chi connectivity index (χ1n) is 5.21. The van der Waals surface area contributed by atoms with Gasteiger partial charge < -0.3 is 0 Å². The molecule has 0 spiro atoms. The zero-order valence-corrected chi connectivity index (χ0v) is 10.3. The van der Waals surface area contributed by atoms with Gasteiger partial charge >= 0.3 is 0 Å². The van der Waals surface area contributed by atoms with Crippen molar-refractivity contribution in [1.82, 2.24) is 0 Å². The Labute approximate surface area is 103 Å². The molecule has 1 aliphatic heterocycles. The number of halogens is 2. The van der Waals surface area contributed by atoms with Crippen LogP contribution >= 0.6 is 23.4 Å². The van der Waals surface area contributed by atoms with Gasteiger partial charge in [-0.05, 0) is 35.9 Å². The van der Waals surface area contributed by atoms with Crippen LogP contribution in [-0.4, -0.2) is 17.3 Å². The second-order valence-corrected chi connectivity index (χ2v) is 5.53. The molecule has 1 aromatic rings. The molecule has 1 heterocycles. The van der Waals surface area contributed by atoms with Gasteiger partial charge in [0, 0.05) is 23.1 Å². The van der Waals surface area contributed by atoms with Crippen molar-refractivity contribution in [3.8, 4) is 0 Å². The lowest BCUT2D eigenvalue weighted by Crippen LogP contribution is -2.16. The number of Topliss-reactive ketones (excluding diaryl/α,β-unsaturated/α-hetero) is 1. The van der Waals surface area contributed by atoms with Crippen LogP contribution in [0.1, 0.15) is 12.0 Å². The van der Waals surface area contributed by atoms with Gasteiger partial charge in [0.1, 0.15) is 11.6 Å². The lowest BCUT2D eigenvalue weighted by molar-refractivity contribution is -0.121. The third-order valence-corrected chi connectivity index (χ3v) is 4.16. The van der Waals surface area contributed by atoms with Crippen LogP contribution in [0.4, 0.5) is 4.39 Å². The van der Waals surface area contributed by atoms with Gasteiger partial charge in [-0.2, -0.15) is 11.8 Å². The molecule has 16 heavy (non-hydrogen) atoms. The summed E-state index contributed by atoms with van der Waals surface area (Å²) in [7, 11) is 0. The molecule has 0 radical (unpaired) electrons. The molecule has 1 fully saturated rings.